The van der Waals surface area contributed by atoms with Gasteiger partial charge < -0.3 is 14.5 Å². The second-order valence-electron chi connectivity index (χ2n) is 4.38. The Morgan fingerprint density at radius 1 is 1.26 bits per heavy atom. The zero-order chi connectivity index (χ0) is 13.4. The first-order valence-electron chi connectivity index (χ1n) is 5.84. The number of fused-ring (bicyclic) bond motifs is 1. The SMILES string of the molecule is Cc1c(Cc2ccc3c(c2)OCO3)[nH]c(=S)[nH]c1=O. The summed E-state index contributed by atoms with van der Waals surface area (Å²) in [5.74, 6) is 1.48. The molecule has 0 saturated heterocycles. The summed E-state index contributed by atoms with van der Waals surface area (Å²) in [4.78, 5) is 17.2. The van der Waals surface area contributed by atoms with Crippen molar-refractivity contribution in [3.8, 4) is 11.5 Å². The van der Waals surface area contributed by atoms with Crippen molar-refractivity contribution in [2.45, 2.75) is 13.3 Å². The van der Waals surface area contributed by atoms with Crippen molar-refractivity contribution in [3.05, 3.63) is 50.1 Å². The van der Waals surface area contributed by atoms with Crippen LogP contribution in [0.1, 0.15) is 16.8 Å². The summed E-state index contributed by atoms with van der Waals surface area (Å²) < 4.78 is 10.9. The fourth-order valence-corrected chi connectivity index (χ4v) is 2.24. The molecule has 0 aliphatic carbocycles. The van der Waals surface area contributed by atoms with E-state index in [0.29, 0.717) is 16.8 Å². The smallest absolute Gasteiger partial charge is 0.254 e. The molecular formula is C13H12N2O3S. The van der Waals surface area contributed by atoms with Gasteiger partial charge >= 0.3 is 0 Å². The minimum atomic E-state index is -0.153. The number of aromatic amines is 2. The van der Waals surface area contributed by atoms with Gasteiger partial charge in [-0.3, -0.25) is 9.78 Å². The molecule has 0 amide bonds. The van der Waals surface area contributed by atoms with Gasteiger partial charge in [0.25, 0.3) is 5.56 Å². The maximum Gasteiger partial charge on any atom is 0.254 e. The molecule has 6 heteroatoms. The average molecular weight is 276 g/mol. The van der Waals surface area contributed by atoms with Gasteiger partial charge in [-0.25, -0.2) is 0 Å². The Hall–Kier alpha value is -2.08. The lowest BCUT2D eigenvalue weighted by molar-refractivity contribution is 0.174. The van der Waals surface area contributed by atoms with E-state index in [-0.39, 0.29) is 12.4 Å². The van der Waals surface area contributed by atoms with Crippen LogP contribution in [-0.2, 0) is 6.42 Å². The molecule has 5 nitrogen and oxygen atoms in total. The maximum atomic E-state index is 11.7. The van der Waals surface area contributed by atoms with Crippen molar-refractivity contribution in [2.24, 2.45) is 0 Å². The minimum absolute atomic E-state index is 0.153. The van der Waals surface area contributed by atoms with Crippen LogP contribution in [-0.4, -0.2) is 16.8 Å². The standard InChI is InChI=1S/C13H12N2O3S/c1-7-9(14-13(19)15-12(7)16)4-8-2-3-10-11(5-8)18-6-17-10/h2-3,5H,4,6H2,1H3,(H2,14,15,16,19). The lowest BCUT2D eigenvalue weighted by Crippen LogP contribution is -2.15. The number of nitrogens with one attached hydrogen (secondary N) is 2. The summed E-state index contributed by atoms with van der Waals surface area (Å²) in [6, 6.07) is 5.74. The van der Waals surface area contributed by atoms with Crippen molar-refractivity contribution in [3.63, 3.8) is 0 Å². The summed E-state index contributed by atoms with van der Waals surface area (Å²) in [6.45, 7) is 2.03. The van der Waals surface area contributed by atoms with E-state index in [0.717, 1.165) is 22.8 Å². The number of ether oxygens (including phenoxy) is 2. The molecule has 0 atom stereocenters. The van der Waals surface area contributed by atoms with E-state index in [1.807, 2.05) is 18.2 Å². The Bertz CT molecular complexity index is 748. The van der Waals surface area contributed by atoms with Crippen LogP contribution < -0.4 is 15.0 Å². The number of hydrogen-bond acceptors (Lipinski definition) is 4. The van der Waals surface area contributed by atoms with Gasteiger partial charge in [0.05, 0.1) is 0 Å². The molecule has 0 radical (unpaired) electrons. The number of aromatic nitrogens is 2. The van der Waals surface area contributed by atoms with Crippen molar-refractivity contribution in [1.82, 2.24) is 9.97 Å². The van der Waals surface area contributed by atoms with E-state index >= 15 is 0 Å². The third-order valence-electron chi connectivity index (χ3n) is 3.10. The summed E-state index contributed by atoms with van der Waals surface area (Å²) >= 11 is 4.99. The van der Waals surface area contributed by atoms with E-state index in [1.54, 1.807) is 6.92 Å². The zero-order valence-corrected chi connectivity index (χ0v) is 11.1. The molecule has 2 aromatic rings. The molecule has 1 aliphatic heterocycles. The summed E-state index contributed by atoms with van der Waals surface area (Å²) in [6.07, 6.45) is 0.593. The molecule has 19 heavy (non-hydrogen) atoms. The zero-order valence-electron chi connectivity index (χ0n) is 10.3. The summed E-state index contributed by atoms with van der Waals surface area (Å²) in [5.41, 5.74) is 2.34. The van der Waals surface area contributed by atoms with Crippen molar-refractivity contribution in [1.29, 1.82) is 0 Å². The van der Waals surface area contributed by atoms with Crippen LogP contribution in [0.5, 0.6) is 11.5 Å². The molecule has 1 aromatic carbocycles. The highest BCUT2D eigenvalue weighted by molar-refractivity contribution is 7.71. The van der Waals surface area contributed by atoms with Gasteiger partial charge in [-0.2, -0.15) is 0 Å². The fraction of sp³-hybridized carbons (Fsp3) is 0.231. The molecule has 3 rings (SSSR count). The highest BCUT2D eigenvalue weighted by atomic mass is 32.1. The van der Waals surface area contributed by atoms with Gasteiger partial charge in [0, 0.05) is 17.7 Å². The predicted octanol–water partition coefficient (Wildman–Crippen LogP) is 2.06. The lowest BCUT2D eigenvalue weighted by Gasteiger charge is -2.06. The van der Waals surface area contributed by atoms with Crippen molar-refractivity contribution in [2.75, 3.05) is 6.79 Å². The van der Waals surface area contributed by atoms with E-state index in [2.05, 4.69) is 9.97 Å². The topological polar surface area (TPSA) is 67.1 Å². The number of benzene rings is 1. The first-order valence-corrected chi connectivity index (χ1v) is 6.25. The van der Waals surface area contributed by atoms with E-state index < -0.39 is 0 Å². The van der Waals surface area contributed by atoms with Crippen LogP contribution in [0, 0.1) is 11.7 Å². The average Bonchev–Trinajstić information content (AvgIpc) is 2.82. The summed E-state index contributed by atoms with van der Waals surface area (Å²) in [7, 11) is 0. The molecule has 2 heterocycles. The van der Waals surface area contributed by atoms with Crippen LogP contribution in [0.25, 0.3) is 0 Å². The summed E-state index contributed by atoms with van der Waals surface area (Å²) in [5, 5.41) is 0. The molecule has 0 unspecified atom stereocenters. The van der Waals surface area contributed by atoms with Gasteiger partial charge in [-0.05, 0) is 36.8 Å². The van der Waals surface area contributed by atoms with E-state index in [1.165, 1.54) is 0 Å². The van der Waals surface area contributed by atoms with E-state index in [9.17, 15) is 4.79 Å². The highest BCUT2D eigenvalue weighted by Gasteiger charge is 2.14. The highest BCUT2D eigenvalue weighted by Crippen LogP contribution is 2.32. The molecule has 98 valence electrons. The fourth-order valence-electron chi connectivity index (χ4n) is 2.03. The molecule has 1 aliphatic rings. The Morgan fingerprint density at radius 2 is 2.05 bits per heavy atom. The molecule has 0 bridgehead atoms. The van der Waals surface area contributed by atoms with Gasteiger partial charge in [0.1, 0.15) is 0 Å². The van der Waals surface area contributed by atoms with Gasteiger partial charge in [-0.1, -0.05) is 6.07 Å². The van der Waals surface area contributed by atoms with Crippen molar-refractivity contribution >= 4 is 12.2 Å². The molecule has 0 saturated carbocycles. The molecule has 1 aromatic heterocycles. The normalized spacial score (nSPS) is 12.7. The molecule has 2 N–H and O–H groups in total. The number of H-pyrrole nitrogens is 2. The largest absolute Gasteiger partial charge is 0.454 e. The Labute approximate surface area is 114 Å². The monoisotopic (exact) mass is 276 g/mol. The van der Waals surface area contributed by atoms with Crippen LogP contribution in [0.15, 0.2) is 23.0 Å². The third-order valence-corrected chi connectivity index (χ3v) is 3.31. The molecule has 0 spiro atoms. The Kier molecular flexibility index (Phi) is 2.87. The van der Waals surface area contributed by atoms with E-state index in [4.69, 9.17) is 21.7 Å². The quantitative estimate of drug-likeness (QED) is 0.824. The van der Waals surface area contributed by atoms with Crippen LogP contribution in [0.3, 0.4) is 0 Å². The second kappa shape index (κ2) is 4.55. The first-order chi connectivity index (χ1) is 9.13. The van der Waals surface area contributed by atoms with Gasteiger partial charge in [-0.15, -0.1) is 0 Å². The van der Waals surface area contributed by atoms with Crippen LogP contribution in [0.4, 0.5) is 0 Å². The van der Waals surface area contributed by atoms with Crippen LogP contribution >= 0.6 is 12.2 Å². The first kappa shape index (κ1) is 12.0. The van der Waals surface area contributed by atoms with Crippen molar-refractivity contribution < 1.29 is 9.47 Å². The minimum Gasteiger partial charge on any atom is -0.454 e. The lowest BCUT2D eigenvalue weighted by atomic mass is 10.1. The number of hydrogen-bond donors (Lipinski definition) is 2. The van der Waals surface area contributed by atoms with Crippen LogP contribution in [0.2, 0.25) is 0 Å². The Morgan fingerprint density at radius 3 is 2.89 bits per heavy atom. The molecular weight excluding hydrogens is 264 g/mol. The predicted molar refractivity (Wildman–Crippen MR) is 72.4 cm³/mol. The maximum absolute atomic E-state index is 11.7. The van der Waals surface area contributed by atoms with Gasteiger partial charge in [0.15, 0.2) is 16.3 Å². The van der Waals surface area contributed by atoms with Gasteiger partial charge in [0.2, 0.25) is 6.79 Å². The third kappa shape index (κ3) is 2.26. The number of rotatable bonds is 2. The molecule has 0 fully saturated rings. The Balaban J connectivity index is 1.98. The second-order valence-corrected chi connectivity index (χ2v) is 4.78.